The third kappa shape index (κ3) is 2.62. The number of rotatable bonds is 1. The second kappa shape index (κ2) is 5.67. The highest BCUT2D eigenvalue weighted by Crippen LogP contribution is 2.25. The average Bonchev–Trinajstić information content (AvgIpc) is 2.99. The average molecular weight is 297 g/mol. The summed E-state index contributed by atoms with van der Waals surface area (Å²) in [7, 11) is 0. The minimum Gasteiger partial charge on any atom is -0.348 e. The van der Waals surface area contributed by atoms with E-state index in [-0.39, 0.29) is 6.04 Å². The van der Waals surface area contributed by atoms with E-state index in [9.17, 15) is 9.59 Å². The van der Waals surface area contributed by atoms with E-state index in [1.54, 1.807) is 17.0 Å². The number of aromatic nitrogens is 1. The van der Waals surface area contributed by atoms with Crippen molar-refractivity contribution < 1.29 is 9.59 Å². The zero-order valence-corrected chi connectivity index (χ0v) is 12.7. The SMILES string of the molecule is Cc1ccc(NC(=O)C(=O)N2CCn3cccc3C2C)cc1. The molecule has 114 valence electrons. The molecule has 2 aromatic rings. The van der Waals surface area contributed by atoms with Crippen molar-refractivity contribution in [2.75, 3.05) is 11.9 Å². The van der Waals surface area contributed by atoms with Gasteiger partial charge in [-0.3, -0.25) is 9.59 Å². The van der Waals surface area contributed by atoms with Gasteiger partial charge in [-0.25, -0.2) is 0 Å². The van der Waals surface area contributed by atoms with Gasteiger partial charge in [0, 0.05) is 30.7 Å². The monoisotopic (exact) mass is 297 g/mol. The Balaban J connectivity index is 1.71. The smallest absolute Gasteiger partial charge is 0.313 e. The maximum absolute atomic E-state index is 12.4. The summed E-state index contributed by atoms with van der Waals surface area (Å²) in [6.07, 6.45) is 2.00. The number of amides is 2. The molecule has 0 fully saturated rings. The molecule has 1 aliphatic rings. The van der Waals surface area contributed by atoms with Crippen LogP contribution in [0.15, 0.2) is 42.6 Å². The third-order valence-electron chi connectivity index (χ3n) is 4.11. The Morgan fingerprint density at radius 3 is 2.59 bits per heavy atom. The first-order valence-corrected chi connectivity index (χ1v) is 7.40. The maximum atomic E-state index is 12.4. The fourth-order valence-corrected chi connectivity index (χ4v) is 2.81. The van der Waals surface area contributed by atoms with Crippen LogP contribution in [0.4, 0.5) is 5.69 Å². The van der Waals surface area contributed by atoms with Crippen LogP contribution in [0, 0.1) is 6.92 Å². The van der Waals surface area contributed by atoms with Gasteiger partial charge in [-0.05, 0) is 38.1 Å². The molecule has 0 bridgehead atoms. The van der Waals surface area contributed by atoms with Crippen LogP contribution in [0.3, 0.4) is 0 Å². The molecule has 5 heteroatoms. The van der Waals surface area contributed by atoms with Gasteiger partial charge in [0.05, 0.1) is 6.04 Å². The van der Waals surface area contributed by atoms with Crippen LogP contribution in [0.1, 0.15) is 24.2 Å². The number of hydrogen-bond acceptors (Lipinski definition) is 2. The molecule has 2 heterocycles. The topological polar surface area (TPSA) is 54.3 Å². The second-order valence-electron chi connectivity index (χ2n) is 5.62. The minimum atomic E-state index is -0.587. The summed E-state index contributed by atoms with van der Waals surface area (Å²) in [6, 6.07) is 11.2. The van der Waals surface area contributed by atoms with Crippen molar-refractivity contribution >= 4 is 17.5 Å². The number of benzene rings is 1. The summed E-state index contributed by atoms with van der Waals surface area (Å²) in [6.45, 7) is 5.18. The summed E-state index contributed by atoms with van der Waals surface area (Å²) in [5, 5.41) is 2.67. The molecular formula is C17H19N3O2. The lowest BCUT2D eigenvalue weighted by Crippen LogP contribution is -2.45. The predicted octanol–water partition coefficient (Wildman–Crippen LogP) is 2.34. The normalized spacial score (nSPS) is 17.0. The maximum Gasteiger partial charge on any atom is 0.313 e. The molecule has 0 aliphatic carbocycles. The summed E-state index contributed by atoms with van der Waals surface area (Å²) in [4.78, 5) is 26.2. The van der Waals surface area contributed by atoms with Crippen LogP contribution >= 0.6 is 0 Å². The van der Waals surface area contributed by atoms with E-state index in [4.69, 9.17) is 0 Å². The quantitative estimate of drug-likeness (QED) is 0.821. The molecule has 1 aromatic carbocycles. The van der Waals surface area contributed by atoms with Crippen LogP contribution in [0.25, 0.3) is 0 Å². The van der Waals surface area contributed by atoms with E-state index >= 15 is 0 Å². The number of aryl methyl sites for hydroxylation is 1. The van der Waals surface area contributed by atoms with Crippen molar-refractivity contribution in [2.24, 2.45) is 0 Å². The van der Waals surface area contributed by atoms with E-state index in [0.29, 0.717) is 12.2 Å². The molecule has 0 spiro atoms. The highest BCUT2D eigenvalue weighted by Gasteiger charge is 2.31. The standard InChI is InChI=1S/C17H19N3O2/c1-12-5-7-14(8-6-12)18-16(21)17(22)20-11-10-19-9-3-4-15(19)13(20)2/h3-9,13H,10-11H2,1-2H3,(H,18,21). The number of fused-ring (bicyclic) bond motifs is 1. The van der Waals surface area contributed by atoms with Gasteiger partial charge in [0.2, 0.25) is 0 Å². The van der Waals surface area contributed by atoms with E-state index in [1.807, 2.05) is 44.3 Å². The Labute approximate surface area is 129 Å². The van der Waals surface area contributed by atoms with Gasteiger partial charge in [0.15, 0.2) is 0 Å². The van der Waals surface area contributed by atoms with Crippen molar-refractivity contribution in [2.45, 2.75) is 26.4 Å². The van der Waals surface area contributed by atoms with E-state index in [2.05, 4.69) is 9.88 Å². The molecule has 1 atom stereocenters. The lowest BCUT2D eigenvalue weighted by molar-refractivity contribution is -0.145. The number of anilines is 1. The van der Waals surface area contributed by atoms with Gasteiger partial charge in [-0.1, -0.05) is 17.7 Å². The van der Waals surface area contributed by atoms with Crippen molar-refractivity contribution in [1.29, 1.82) is 0 Å². The van der Waals surface area contributed by atoms with Gasteiger partial charge in [0.1, 0.15) is 0 Å². The summed E-state index contributed by atoms with van der Waals surface area (Å²) in [5.41, 5.74) is 2.80. The van der Waals surface area contributed by atoms with Gasteiger partial charge in [-0.2, -0.15) is 0 Å². The Morgan fingerprint density at radius 1 is 1.14 bits per heavy atom. The lowest BCUT2D eigenvalue weighted by atomic mass is 10.1. The Morgan fingerprint density at radius 2 is 1.86 bits per heavy atom. The first kappa shape index (κ1) is 14.4. The van der Waals surface area contributed by atoms with E-state index in [0.717, 1.165) is 17.8 Å². The van der Waals surface area contributed by atoms with Crippen LogP contribution in [0.5, 0.6) is 0 Å². The zero-order chi connectivity index (χ0) is 15.7. The third-order valence-corrected chi connectivity index (χ3v) is 4.11. The highest BCUT2D eigenvalue weighted by molar-refractivity contribution is 6.39. The molecule has 1 aromatic heterocycles. The van der Waals surface area contributed by atoms with Crippen molar-refractivity contribution in [3.05, 3.63) is 53.9 Å². The first-order chi connectivity index (χ1) is 10.6. The van der Waals surface area contributed by atoms with Gasteiger partial charge < -0.3 is 14.8 Å². The molecule has 3 rings (SSSR count). The molecule has 5 nitrogen and oxygen atoms in total. The number of carbonyl (C=O) groups is 2. The van der Waals surface area contributed by atoms with Gasteiger partial charge in [0.25, 0.3) is 0 Å². The van der Waals surface area contributed by atoms with Crippen molar-refractivity contribution in [1.82, 2.24) is 9.47 Å². The number of nitrogens with one attached hydrogen (secondary N) is 1. The second-order valence-corrected chi connectivity index (χ2v) is 5.62. The first-order valence-electron chi connectivity index (χ1n) is 7.40. The molecule has 2 amide bonds. The number of hydrogen-bond donors (Lipinski definition) is 1. The molecular weight excluding hydrogens is 278 g/mol. The Hall–Kier alpha value is -2.56. The summed E-state index contributed by atoms with van der Waals surface area (Å²) < 4.78 is 2.12. The van der Waals surface area contributed by atoms with Crippen LogP contribution in [-0.2, 0) is 16.1 Å². The Kier molecular flexibility index (Phi) is 3.71. The lowest BCUT2D eigenvalue weighted by Gasteiger charge is -2.34. The van der Waals surface area contributed by atoms with Crippen molar-refractivity contribution in [3.8, 4) is 0 Å². The largest absolute Gasteiger partial charge is 0.348 e. The van der Waals surface area contributed by atoms with E-state index < -0.39 is 11.8 Å². The molecule has 1 aliphatic heterocycles. The molecule has 1 unspecified atom stereocenters. The Bertz CT molecular complexity index is 703. The van der Waals surface area contributed by atoms with Crippen LogP contribution < -0.4 is 5.32 Å². The van der Waals surface area contributed by atoms with Crippen molar-refractivity contribution in [3.63, 3.8) is 0 Å². The minimum absolute atomic E-state index is 0.0972. The molecule has 0 saturated heterocycles. The summed E-state index contributed by atoms with van der Waals surface area (Å²) in [5.74, 6) is -1.07. The number of nitrogens with zero attached hydrogens (tertiary/aromatic N) is 2. The van der Waals surface area contributed by atoms with E-state index in [1.165, 1.54) is 0 Å². The molecule has 0 saturated carbocycles. The fraction of sp³-hybridized carbons (Fsp3) is 0.294. The molecule has 22 heavy (non-hydrogen) atoms. The summed E-state index contributed by atoms with van der Waals surface area (Å²) >= 11 is 0. The highest BCUT2D eigenvalue weighted by atomic mass is 16.2. The molecule has 1 N–H and O–H groups in total. The predicted molar refractivity (Wildman–Crippen MR) is 84.4 cm³/mol. The molecule has 0 radical (unpaired) electrons. The van der Waals surface area contributed by atoms with Crippen LogP contribution in [-0.4, -0.2) is 27.8 Å². The van der Waals surface area contributed by atoms with Crippen LogP contribution in [0.2, 0.25) is 0 Å². The van der Waals surface area contributed by atoms with Gasteiger partial charge in [-0.15, -0.1) is 0 Å². The number of carbonyl (C=O) groups excluding carboxylic acids is 2. The fourth-order valence-electron chi connectivity index (χ4n) is 2.81. The zero-order valence-electron chi connectivity index (χ0n) is 12.7. The van der Waals surface area contributed by atoms with Gasteiger partial charge >= 0.3 is 11.8 Å².